The Morgan fingerprint density at radius 2 is 1.78 bits per heavy atom. The third kappa shape index (κ3) is 3.56. The Morgan fingerprint density at radius 1 is 1.00 bits per heavy atom. The number of rotatable bonds is 5. The summed E-state index contributed by atoms with van der Waals surface area (Å²) in [5, 5.41) is 8.65. The quantitative estimate of drug-likeness (QED) is 0.631. The number of carbonyl (C=O) groups is 1. The van der Waals surface area contributed by atoms with Gasteiger partial charge in [0.1, 0.15) is 0 Å². The zero-order valence-electron chi connectivity index (χ0n) is 14.4. The highest BCUT2D eigenvalue weighted by Crippen LogP contribution is 2.25. The van der Waals surface area contributed by atoms with Crippen LogP contribution in [0.4, 0.5) is 11.4 Å². The van der Waals surface area contributed by atoms with E-state index in [4.69, 9.17) is 0 Å². The second-order valence-corrected chi connectivity index (χ2v) is 7.99. The number of para-hydroxylation sites is 1. The van der Waals surface area contributed by atoms with Gasteiger partial charge >= 0.3 is 0 Å². The number of sulfonamides is 1. The lowest BCUT2D eigenvalue weighted by Crippen LogP contribution is -2.19. The minimum atomic E-state index is -3.98. The van der Waals surface area contributed by atoms with Gasteiger partial charge in [-0.2, -0.15) is 13.5 Å². The zero-order valence-corrected chi connectivity index (χ0v) is 15.2. The van der Waals surface area contributed by atoms with Crippen molar-refractivity contribution < 1.29 is 13.2 Å². The number of fused-ring (bicyclic) bond motifs is 1. The Kier molecular flexibility index (Phi) is 4.41. The Balaban J connectivity index is 1.57. The molecule has 0 saturated heterocycles. The predicted octanol–water partition coefficient (Wildman–Crippen LogP) is 2.95. The van der Waals surface area contributed by atoms with Crippen molar-refractivity contribution in [2.75, 3.05) is 10.0 Å². The van der Waals surface area contributed by atoms with Crippen LogP contribution >= 0.6 is 0 Å². The molecule has 1 aliphatic rings. The zero-order chi connectivity index (χ0) is 18.9. The molecule has 4 rings (SSSR count). The molecule has 0 saturated carbocycles. The van der Waals surface area contributed by atoms with Crippen LogP contribution < -0.4 is 10.0 Å². The van der Waals surface area contributed by atoms with Crippen LogP contribution in [0, 0.1) is 0 Å². The van der Waals surface area contributed by atoms with Gasteiger partial charge in [0.15, 0.2) is 5.03 Å². The number of hydrogen-bond acceptors (Lipinski definition) is 4. The molecular formula is C19H18N4O3S. The molecule has 2 aromatic carbocycles. The normalized spacial score (nSPS) is 13.2. The first-order chi connectivity index (χ1) is 13.0. The van der Waals surface area contributed by atoms with E-state index in [1.807, 2.05) is 18.2 Å². The van der Waals surface area contributed by atoms with Crippen molar-refractivity contribution >= 4 is 27.3 Å². The van der Waals surface area contributed by atoms with Crippen molar-refractivity contribution in [1.82, 2.24) is 10.2 Å². The average Bonchev–Trinajstić information content (AvgIpc) is 3.31. The van der Waals surface area contributed by atoms with Gasteiger partial charge < -0.3 is 5.32 Å². The Hall–Kier alpha value is -3.13. The van der Waals surface area contributed by atoms with E-state index in [-0.39, 0.29) is 10.6 Å². The second-order valence-electron chi connectivity index (χ2n) is 6.38. The lowest BCUT2D eigenvalue weighted by molar-refractivity contribution is 0.102. The van der Waals surface area contributed by atoms with Crippen LogP contribution in [0.3, 0.4) is 0 Å². The number of anilines is 2. The van der Waals surface area contributed by atoms with E-state index < -0.39 is 15.9 Å². The monoisotopic (exact) mass is 382 g/mol. The molecule has 0 fully saturated rings. The van der Waals surface area contributed by atoms with Crippen LogP contribution in [0.5, 0.6) is 0 Å². The smallest absolute Gasteiger partial charge is 0.279 e. The molecule has 0 unspecified atom stereocenters. The van der Waals surface area contributed by atoms with E-state index in [2.05, 4.69) is 20.2 Å². The summed E-state index contributed by atoms with van der Waals surface area (Å²) < 4.78 is 27.7. The molecule has 7 nitrogen and oxygen atoms in total. The van der Waals surface area contributed by atoms with Crippen LogP contribution in [0.2, 0.25) is 0 Å². The van der Waals surface area contributed by atoms with E-state index in [0.29, 0.717) is 11.4 Å². The molecule has 3 N–H and O–H groups in total. The van der Waals surface area contributed by atoms with E-state index in [1.54, 1.807) is 30.3 Å². The number of aromatic nitrogens is 2. The fourth-order valence-corrected chi connectivity index (χ4v) is 4.36. The van der Waals surface area contributed by atoms with E-state index in [1.165, 1.54) is 17.3 Å². The minimum Gasteiger partial charge on any atom is -0.322 e. The highest BCUT2D eigenvalue weighted by Gasteiger charge is 2.25. The number of nitrogens with one attached hydrogen (secondary N) is 3. The summed E-state index contributed by atoms with van der Waals surface area (Å²) in [6.45, 7) is 0. The molecule has 0 spiro atoms. The molecule has 138 valence electrons. The van der Waals surface area contributed by atoms with E-state index in [9.17, 15) is 13.2 Å². The number of nitrogens with zero attached hydrogens (tertiary/aromatic N) is 1. The Morgan fingerprint density at radius 3 is 2.59 bits per heavy atom. The maximum atomic E-state index is 12.6. The number of hydrogen-bond donors (Lipinski definition) is 3. The SMILES string of the molecule is O=C(Nc1ccc2c(c1)CCC2)c1cn[nH]c1S(=O)(=O)Nc1ccccc1. The summed E-state index contributed by atoms with van der Waals surface area (Å²) in [6, 6.07) is 14.2. The summed E-state index contributed by atoms with van der Waals surface area (Å²) in [7, 11) is -3.98. The van der Waals surface area contributed by atoms with Crippen LogP contribution in [-0.2, 0) is 22.9 Å². The Labute approximate surface area is 156 Å². The van der Waals surface area contributed by atoms with Gasteiger partial charge in [0.25, 0.3) is 15.9 Å². The van der Waals surface area contributed by atoms with E-state index in [0.717, 1.165) is 19.3 Å². The molecule has 1 heterocycles. The molecule has 1 amide bonds. The number of benzene rings is 2. The van der Waals surface area contributed by atoms with E-state index >= 15 is 0 Å². The maximum Gasteiger partial charge on any atom is 0.279 e. The first-order valence-electron chi connectivity index (χ1n) is 8.57. The van der Waals surface area contributed by atoms with Gasteiger partial charge in [-0.1, -0.05) is 24.3 Å². The first-order valence-corrected chi connectivity index (χ1v) is 10.1. The Bertz CT molecular complexity index is 1090. The summed E-state index contributed by atoms with van der Waals surface area (Å²) in [5.41, 5.74) is 3.52. The lowest BCUT2D eigenvalue weighted by Gasteiger charge is -2.09. The van der Waals surface area contributed by atoms with Crippen LogP contribution in [0.25, 0.3) is 0 Å². The fraction of sp³-hybridized carbons (Fsp3) is 0.158. The summed E-state index contributed by atoms with van der Waals surface area (Å²) in [6.07, 6.45) is 4.37. The number of aryl methyl sites for hydroxylation is 2. The predicted molar refractivity (Wildman–Crippen MR) is 102 cm³/mol. The fourth-order valence-electron chi connectivity index (χ4n) is 3.20. The minimum absolute atomic E-state index is 0.0427. The van der Waals surface area contributed by atoms with Crippen LogP contribution in [-0.4, -0.2) is 24.5 Å². The second kappa shape index (κ2) is 6.88. The van der Waals surface area contributed by atoms with Crippen LogP contribution in [0.1, 0.15) is 27.9 Å². The molecular weight excluding hydrogens is 364 g/mol. The van der Waals surface area contributed by atoms with Crippen molar-refractivity contribution in [3.05, 3.63) is 71.4 Å². The highest BCUT2D eigenvalue weighted by atomic mass is 32.2. The summed E-state index contributed by atoms with van der Waals surface area (Å²) in [5.74, 6) is -0.532. The van der Waals surface area contributed by atoms with Gasteiger partial charge in [-0.3, -0.25) is 14.6 Å². The third-order valence-electron chi connectivity index (χ3n) is 4.50. The van der Waals surface area contributed by atoms with Crippen molar-refractivity contribution in [2.24, 2.45) is 0 Å². The largest absolute Gasteiger partial charge is 0.322 e. The number of amides is 1. The molecule has 1 aliphatic carbocycles. The average molecular weight is 382 g/mol. The molecule has 1 aromatic heterocycles. The van der Waals surface area contributed by atoms with Gasteiger partial charge in [-0.15, -0.1) is 0 Å². The van der Waals surface area contributed by atoms with Gasteiger partial charge in [-0.05, 0) is 54.7 Å². The topological polar surface area (TPSA) is 104 Å². The van der Waals surface area contributed by atoms with Gasteiger partial charge in [0.2, 0.25) is 0 Å². The third-order valence-corrected chi connectivity index (χ3v) is 5.85. The van der Waals surface area contributed by atoms with Crippen molar-refractivity contribution in [3.63, 3.8) is 0 Å². The number of aromatic amines is 1. The van der Waals surface area contributed by atoms with Crippen molar-refractivity contribution in [2.45, 2.75) is 24.3 Å². The van der Waals surface area contributed by atoms with Gasteiger partial charge in [0.05, 0.1) is 11.8 Å². The molecule has 8 heteroatoms. The summed E-state index contributed by atoms with van der Waals surface area (Å²) in [4.78, 5) is 12.6. The molecule has 0 atom stereocenters. The highest BCUT2D eigenvalue weighted by molar-refractivity contribution is 7.92. The molecule has 3 aromatic rings. The molecule has 27 heavy (non-hydrogen) atoms. The standard InChI is InChI=1S/C19H18N4O3S/c24-18(21-16-10-9-13-5-4-6-14(13)11-16)17-12-20-22-19(17)27(25,26)23-15-7-2-1-3-8-15/h1-3,7-12,23H,4-6H2,(H,20,22)(H,21,24). The lowest BCUT2D eigenvalue weighted by atomic mass is 10.1. The maximum absolute atomic E-state index is 12.6. The van der Waals surface area contributed by atoms with Gasteiger partial charge in [0, 0.05) is 11.4 Å². The summed E-state index contributed by atoms with van der Waals surface area (Å²) >= 11 is 0. The molecule has 0 radical (unpaired) electrons. The van der Waals surface area contributed by atoms with Gasteiger partial charge in [-0.25, -0.2) is 0 Å². The van der Waals surface area contributed by atoms with Crippen LogP contribution in [0.15, 0.2) is 59.8 Å². The number of H-pyrrole nitrogens is 1. The molecule has 0 aliphatic heterocycles. The van der Waals surface area contributed by atoms with Crippen molar-refractivity contribution in [1.29, 1.82) is 0 Å². The first kappa shape index (κ1) is 17.3. The van der Waals surface area contributed by atoms with Crippen molar-refractivity contribution in [3.8, 4) is 0 Å². The number of carbonyl (C=O) groups excluding carboxylic acids is 1. The molecule has 0 bridgehead atoms.